The zero-order chi connectivity index (χ0) is 14.5. The van der Waals surface area contributed by atoms with Crippen molar-refractivity contribution in [2.45, 2.75) is 19.8 Å². The van der Waals surface area contributed by atoms with Crippen LogP contribution < -0.4 is 4.74 Å². The van der Waals surface area contributed by atoms with Gasteiger partial charge < -0.3 is 4.74 Å². The van der Waals surface area contributed by atoms with Crippen LogP contribution in [0.15, 0.2) is 42.5 Å². The number of aryl methyl sites for hydroxylation is 1. The second-order valence-corrected chi connectivity index (χ2v) is 5.21. The fourth-order valence-corrected chi connectivity index (χ4v) is 2.38. The Bertz CT molecular complexity index is 620. The summed E-state index contributed by atoms with van der Waals surface area (Å²) in [5.41, 5.74) is 3.04. The summed E-state index contributed by atoms with van der Waals surface area (Å²) >= 11 is 5.98. The first-order valence-corrected chi connectivity index (χ1v) is 6.86. The van der Waals surface area contributed by atoms with Crippen molar-refractivity contribution in [3.8, 4) is 5.75 Å². The maximum absolute atomic E-state index is 12.2. The zero-order valence-corrected chi connectivity index (χ0v) is 12.4. The van der Waals surface area contributed by atoms with E-state index in [1.165, 1.54) is 0 Å². The molecule has 0 unspecified atom stereocenters. The summed E-state index contributed by atoms with van der Waals surface area (Å²) in [4.78, 5) is 12.2. The molecule has 0 heterocycles. The number of carbonyl (C=O) groups is 1. The lowest BCUT2D eigenvalue weighted by molar-refractivity contribution is -0.117. The quantitative estimate of drug-likeness (QED) is 0.831. The highest BCUT2D eigenvalue weighted by molar-refractivity contribution is 6.30. The Kier molecular flexibility index (Phi) is 4.80. The van der Waals surface area contributed by atoms with E-state index in [4.69, 9.17) is 16.3 Å². The molecule has 2 rings (SSSR count). The molecule has 3 heteroatoms. The number of methoxy groups -OCH3 is 1. The molecule has 0 aromatic heterocycles. The van der Waals surface area contributed by atoms with Gasteiger partial charge in [0.2, 0.25) is 0 Å². The molecule has 0 aliphatic carbocycles. The number of ether oxygens (including phenoxy) is 1. The number of hydrogen-bond donors (Lipinski definition) is 0. The Morgan fingerprint density at radius 3 is 2.50 bits per heavy atom. The van der Waals surface area contributed by atoms with Gasteiger partial charge >= 0.3 is 0 Å². The SMILES string of the molecule is COc1ccc(Cl)cc1CC(=O)Cc1ccccc1C. The van der Waals surface area contributed by atoms with Crippen LogP contribution in [0.1, 0.15) is 16.7 Å². The molecule has 0 aliphatic rings. The van der Waals surface area contributed by atoms with E-state index in [9.17, 15) is 4.79 Å². The zero-order valence-electron chi connectivity index (χ0n) is 11.7. The predicted octanol–water partition coefficient (Wildman–Crippen LogP) is 4.01. The van der Waals surface area contributed by atoms with Gasteiger partial charge in [-0.05, 0) is 36.2 Å². The van der Waals surface area contributed by atoms with Crippen LogP contribution in [0.25, 0.3) is 0 Å². The topological polar surface area (TPSA) is 26.3 Å². The predicted molar refractivity (Wildman–Crippen MR) is 81.6 cm³/mol. The van der Waals surface area contributed by atoms with E-state index < -0.39 is 0 Å². The third-order valence-corrected chi connectivity index (χ3v) is 3.51. The summed E-state index contributed by atoms with van der Waals surface area (Å²) < 4.78 is 5.26. The molecule has 0 fully saturated rings. The summed E-state index contributed by atoms with van der Waals surface area (Å²) in [6.07, 6.45) is 0.764. The summed E-state index contributed by atoms with van der Waals surface area (Å²) in [5, 5.41) is 0.615. The minimum atomic E-state index is 0.153. The molecule has 0 radical (unpaired) electrons. The highest BCUT2D eigenvalue weighted by Crippen LogP contribution is 2.23. The van der Waals surface area contributed by atoms with E-state index in [0.29, 0.717) is 23.6 Å². The number of halogens is 1. The first-order chi connectivity index (χ1) is 9.60. The van der Waals surface area contributed by atoms with Crippen molar-refractivity contribution < 1.29 is 9.53 Å². The molecule has 2 aromatic rings. The van der Waals surface area contributed by atoms with E-state index >= 15 is 0 Å². The number of benzene rings is 2. The van der Waals surface area contributed by atoms with Gasteiger partial charge in [0.25, 0.3) is 0 Å². The normalized spacial score (nSPS) is 10.3. The van der Waals surface area contributed by atoms with Crippen molar-refractivity contribution in [3.63, 3.8) is 0 Å². The Morgan fingerprint density at radius 2 is 1.80 bits per heavy atom. The molecular formula is C17H17ClO2. The standard InChI is InChI=1S/C17H17ClO2/c1-12-5-3-4-6-13(12)10-16(19)11-14-9-15(18)7-8-17(14)20-2/h3-9H,10-11H2,1-2H3. The van der Waals surface area contributed by atoms with Gasteiger partial charge in [0.05, 0.1) is 7.11 Å². The van der Waals surface area contributed by atoms with Crippen LogP contribution in [-0.4, -0.2) is 12.9 Å². The summed E-state index contributed by atoms with van der Waals surface area (Å²) in [5.74, 6) is 0.854. The van der Waals surface area contributed by atoms with Gasteiger partial charge in [-0.2, -0.15) is 0 Å². The maximum Gasteiger partial charge on any atom is 0.141 e. The molecule has 0 amide bonds. The van der Waals surface area contributed by atoms with Gasteiger partial charge in [-0.1, -0.05) is 35.9 Å². The monoisotopic (exact) mass is 288 g/mol. The molecule has 0 bridgehead atoms. The fourth-order valence-electron chi connectivity index (χ4n) is 2.18. The molecular weight excluding hydrogens is 272 g/mol. The van der Waals surface area contributed by atoms with Crippen molar-refractivity contribution >= 4 is 17.4 Å². The van der Waals surface area contributed by atoms with Gasteiger partial charge in [-0.15, -0.1) is 0 Å². The Morgan fingerprint density at radius 1 is 1.10 bits per heavy atom. The molecule has 2 nitrogen and oxygen atoms in total. The van der Waals surface area contributed by atoms with Crippen molar-refractivity contribution in [2.75, 3.05) is 7.11 Å². The average molecular weight is 289 g/mol. The van der Waals surface area contributed by atoms with Crippen molar-refractivity contribution in [1.29, 1.82) is 0 Å². The van der Waals surface area contributed by atoms with E-state index in [0.717, 1.165) is 16.7 Å². The highest BCUT2D eigenvalue weighted by atomic mass is 35.5. The van der Waals surface area contributed by atoms with E-state index in [2.05, 4.69) is 0 Å². The van der Waals surface area contributed by atoms with E-state index in [-0.39, 0.29) is 5.78 Å². The van der Waals surface area contributed by atoms with Gasteiger partial charge in [0, 0.05) is 23.4 Å². The van der Waals surface area contributed by atoms with Crippen LogP contribution in [0.4, 0.5) is 0 Å². The van der Waals surface area contributed by atoms with Crippen molar-refractivity contribution in [1.82, 2.24) is 0 Å². The third-order valence-electron chi connectivity index (χ3n) is 3.28. The lowest BCUT2D eigenvalue weighted by Crippen LogP contribution is -2.08. The third kappa shape index (κ3) is 3.61. The van der Waals surface area contributed by atoms with Crippen molar-refractivity contribution in [3.05, 3.63) is 64.2 Å². The van der Waals surface area contributed by atoms with Gasteiger partial charge in [0.15, 0.2) is 0 Å². The summed E-state index contributed by atoms with van der Waals surface area (Å²) in [6.45, 7) is 2.02. The van der Waals surface area contributed by atoms with Crippen LogP contribution in [0, 0.1) is 6.92 Å². The molecule has 104 valence electrons. The minimum Gasteiger partial charge on any atom is -0.496 e. The van der Waals surface area contributed by atoms with Crippen LogP contribution in [0.2, 0.25) is 5.02 Å². The second-order valence-electron chi connectivity index (χ2n) is 4.77. The molecule has 0 aliphatic heterocycles. The Balaban J connectivity index is 2.12. The Labute approximate surface area is 124 Å². The van der Waals surface area contributed by atoms with Crippen LogP contribution >= 0.6 is 11.6 Å². The Hall–Kier alpha value is -1.80. The maximum atomic E-state index is 12.2. The van der Waals surface area contributed by atoms with E-state index in [1.54, 1.807) is 25.3 Å². The molecule has 0 saturated heterocycles. The fraction of sp³-hybridized carbons (Fsp3) is 0.235. The van der Waals surface area contributed by atoms with Crippen LogP contribution in [0.5, 0.6) is 5.75 Å². The first-order valence-electron chi connectivity index (χ1n) is 6.49. The lowest BCUT2D eigenvalue weighted by atomic mass is 9.99. The summed E-state index contributed by atoms with van der Waals surface area (Å²) in [7, 11) is 1.60. The van der Waals surface area contributed by atoms with Gasteiger partial charge in [0.1, 0.15) is 11.5 Å². The van der Waals surface area contributed by atoms with Gasteiger partial charge in [-0.25, -0.2) is 0 Å². The number of carbonyl (C=O) groups excluding carboxylic acids is 1. The molecule has 0 spiro atoms. The number of ketones is 1. The van der Waals surface area contributed by atoms with Gasteiger partial charge in [-0.3, -0.25) is 4.79 Å². The van der Waals surface area contributed by atoms with Crippen LogP contribution in [-0.2, 0) is 17.6 Å². The summed E-state index contributed by atoms with van der Waals surface area (Å²) in [6, 6.07) is 13.3. The largest absolute Gasteiger partial charge is 0.496 e. The highest BCUT2D eigenvalue weighted by Gasteiger charge is 2.11. The molecule has 0 saturated carbocycles. The molecule has 2 aromatic carbocycles. The number of hydrogen-bond acceptors (Lipinski definition) is 2. The number of Topliss-reactive ketones (excluding diaryl/α,β-unsaturated/α-hetero) is 1. The van der Waals surface area contributed by atoms with Crippen molar-refractivity contribution in [2.24, 2.45) is 0 Å². The molecule has 20 heavy (non-hydrogen) atoms. The van der Waals surface area contributed by atoms with E-state index in [1.807, 2.05) is 31.2 Å². The average Bonchev–Trinajstić information content (AvgIpc) is 2.41. The first kappa shape index (κ1) is 14.6. The van der Waals surface area contributed by atoms with Crippen LogP contribution in [0.3, 0.4) is 0 Å². The molecule has 0 atom stereocenters. The smallest absolute Gasteiger partial charge is 0.141 e. The minimum absolute atomic E-state index is 0.153. The molecule has 0 N–H and O–H groups in total. The lowest BCUT2D eigenvalue weighted by Gasteiger charge is -2.09. The second kappa shape index (κ2) is 6.58. The number of rotatable bonds is 5.